The number of rotatable bonds is 6. The van der Waals surface area contributed by atoms with Crippen LogP contribution in [-0.2, 0) is 16.9 Å². The molecule has 0 amide bonds. The zero-order valence-electron chi connectivity index (χ0n) is 13.4. The van der Waals surface area contributed by atoms with Crippen molar-refractivity contribution in [2.75, 3.05) is 0 Å². The molecule has 1 unspecified atom stereocenters. The van der Waals surface area contributed by atoms with Crippen molar-refractivity contribution in [3.8, 4) is 0 Å². The van der Waals surface area contributed by atoms with Crippen LogP contribution < -0.4 is 39.5 Å². The summed E-state index contributed by atoms with van der Waals surface area (Å²) in [4.78, 5) is 16.5. The maximum Gasteiger partial charge on any atom is 1.00 e. The van der Waals surface area contributed by atoms with Crippen molar-refractivity contribution in [1.29, 1.82) is 0 Å². The zero-order valence-corrected chi connectivity index (χ0v) is 17.1. The van der Waals surface area contributed by atoms with Crippen molar-refractivity contribution in [2.24, 2.45) is 0 Å². The maximum absolute atomic E-state index is 12.2. The summed E-state index contributed by atoms with van der Waals surface area (Å²) in [5, 5.41) is 3.65. The summed E-state index contributed by atoms with van der Waals surface area (Å²) in [6, 6.07) is 19.1. The third-order valence-corrected chi connectivity index (χ3v) is 6.55. The molecule has 2 aromatic carbocycles. The molecular formula is C17H16N2NaO2PS. The quantitative estimate of drug-likeness (QED) is 0.515. The Morgan fingerprint density at radius 3 is 2.58 bits per heavy atom. The molecule has 0 saturated carbocycles. The number of nitrogens with one attached hydrogen (secondary N) is 1. The molecule has 1 heterocycles. The normalized spacial score (nSPS) is 13.2. The smallest absolute Gasteiger partial charge is 0.780 e. The van der Waals surface area contributed by atoms with Gasteiger partial charge in [0.25, 0.3) is 0 Å². The molecule has 3 rings (SSSR count). The van der Waals surface area contributed by atoms with E-state index < -0.39 is 6.72 Å². The Morgan fingerprint density at radius 1 is 1.04 bits per heavy atom. The molecule has 1 aromatic heterocycles. The fourth-order valence-electron chi connectivity index (χ4n) is 2.27. The second kappa shape index (κ2) is 9.16. The molecular weight excluding hydrogens is 350 g/mol. The summed E-state index contributed by atoms with van der Waals surface area (Å²) in [6.45, 7) is -3.40. The number of hydrogen-bond donors (Lipinski definition) is 1. The van der Waals surface area contributed by atoms with E-state index in [1.807, 2.05) is 60.7 Å². The van der Waals surface area contributed by atoms with Gasteiger partial charge in [0.15, 0.2) is 0 Å². The summed E-state index contributed by atoms with van der Waals surface area (Å²) < 4.78 is 12.2. The molecule has 7 heteroatoms. The predicted molar refractivity (Wildman–Crippen MR) is 93.9 cm³/mol. The van der Waals surface area contributed by atoms with E-state index in [-0.39, 0.29) is 29.6 Å². The minimum atomic E-state index is -3.71. The summed E-state index contributed by atoms with van der Waals surface area (Å²) in [5.41, 5.74) is 2.72. The van der Waals surface area contributed by atoms with Crippen LogP contribution in [0.1, 0.15) is 11.1 Å². The van der Waals surface area contributed by atoms with Gasteiger partial charge in [-0.05, 0) is 17.2 Å². The molecule has 0 fully saturated rings. The van der Waals surface area contributed by atoms with Crippen LogP contribution in [0, 0.1) is 0 Å². The van der Waals surface area contributed by atoms with Gasteiger partial charge in [0.05, 0.1) is 5.52 Å². The topological polar surface area (TPSA) is 65.0 Å². The Labute approximate surface area is 167 Å². The largest absolute Gasteiger partial charge is 1.00 e. The standard InChI is InChI=1S/C17H17N2O2PS.Na/c20-22(21,19-12-14-6-2-1-3-7-14)23-13-16-9-4-8-15-10-5-11-18-17(15)16;/h1-11H,12-13H2,(H2,19,20,21);/q;+1/p-1. The Bertz CT molecular complexity index is 843. The van der Waals surface area contributed by atoms with Crippen LogP contribution in [0.2, 0.25) is 0 Å². The summed E-state index contributed by atoms with van der Waals surface area (Å²) in [6.07, 6.45) is 1.72. The van der Waals surface area contributed by atoms with Crippen molar-refractivity contribution in [2.45, 2.75) is 12.3 Å². The van der Waals surface area contributed by atoms with Crippen LogP contribution in [0.3, 0.4) is 0 Å². The van der Waals surface area contributed by atoms with E-state index in [2.05, 4.69) is 10.1 Å². The van der Waals surface area contributed by atoms with E-state index in [0.29, 0.717) is 12.3 Å². The van der Waals surface area contributed by atoms with Gasteiger partial charge < -0.3 is 9.46 Å². The molecule has 0 aliphatic heterocycles. The number of aromatic nitrogens is 1. The van der Waals surface area contributed by atoms with Gasteiger partial charge in [-0.3, -0.25) is 10.1 Å². The van der Waals surface area contributed by atoms with Crippen molar-refractivity contribution >= 4 is 29.0 Å². The van der Waals surface area contributed by atoms with E-state index >= 15 is 0 Å². The molecule has 0 saturated heterocycles. The molecule has 24 heavy (non-hydrogen) atoms. The molecule has 4 nitrogen and oxygen atoms in total. The first kappa shape index (κ1) is 19.7. The van der Waals surface area contributed by atoms with Crippen LogP contribution in [0.4, 0.5) is 0 Å². The molecule has 0 aliphatic rings. The number of hydrogen-bond acceptors (Lipinski definition) is 4. The van der Waals surface area contributed by atoms with E-state index in [0.717, 1.165) is 33.4 Å². The van der Waals surface area contributed by atoms with E-state index in [1.165, 1.54) is 0 Å². The SMILES string of the molecule is O=P([O-])(NCc1ccccc1)SCc1cccc2cccnc12.[Na+]. The maximum atomic E-state index is 12.2. The van der Waals surface area contributed by atoms with Gasteiger partial charge in [-0.2, -0.15) is 0 Å². The third kappa shape index (κ3) is 5.43. The number of pyridine rings is 1. The van der Waals surface area contributed by atoms with Crippen LogP contribution in [-0.4, -0.2) is 4.98 Å². The molecule has 1 atom stereocenters. The predicted octanol–water partition coefficient (Wildman–Crippen LogP) is 0.730. The minimum absolute atomic E-state index is 0. The van der Waals surface area contributed by atoms with Crippen LogP contribution in [0.5, 0.6) is 0 Å². The van der Waals surface area contributed by atoms with Gasteiger partial charge in [-0.15, -0.1) is 0 Å². The van der Waals surface area contributed by atoms with Gasteiger partial charge in [0.1, 0.15) is 6.72 Å². The summed E-state index contributed by atoms with van der Waals surface area (Å²) >= 11 is 0.915. The van der Waals surface area contributed by atoms with E-state index in [9.17, 15) is 9.46 Å². The number of benzene rings is 2. The first-order valence-electron chi connectivity index (χ1n) is 7.21. The Balaban J connectivity index is 0.00000208. The number of nitrogens with zero attached hydrogens (tertiary/aromatic N) is 1. The third-order valence-electron chi connectivity index (χ3n) is 3.43. The molecule has 0 radical (unpaired) electrons. The molecule has 0 spiro atoms. The van der Waals surface area contributed by atoms with Gasteiger partial charge in [0, 0.05) is 23.9 Å². The molecule has 1 N–H and O–H groups in total. The Hall–Kier alpha value is -0.650. The second-order valence-electron chi connectivity index (χ2n) is 5.08. The van der Waals surface area contributed by atoms with E-state index in [4.69, 9.17) is 0 Å². The molecule has 0 bridgehead atoms. The van der Waals surface area contributed by atoms with Crippen LogP contribution in [0.15, 0.2) is 66.9 Å². The van der Waals surface area contributed by atoms with Crippen molar-refractivity contribution in [3.63, 3.8) is 0 Å². The van der Waals surface area contributed by atoms with Gasteiger partial charge in [-0.25, -0.2) is 0 Å². The van der Waals surface area contributed by atoms with Crippen LogP contribution in [0.25, 0.3) is 10.9 Å². The summed E-state index contributed by atoms with van der Waals surface area (Å²) in [7, 11) is 0. The van der Waals surface area contributed by atoms with Crippen molar-refractivity contribution in [1.82, 2.24) is 10.1 Å². The van der Waals surface area contributed by atoms with Gasteiger partial charge in [0.2, 0.25) is 0 Å². The van der Waals surface area contributed by atoms with Crippen LogP contribution >= 0.6 is 18.1 Å². The first-order chi connectivity index (χ1) is 11.1. The first-order valence-corrected chi connectivity index (χ1v) is 10.4. The Morgan fingerprint density at radius 2 is 1.79 bits per heavy atom. The number of para-hydroxylation sites is 1. The molecule has 0 aliphatic carbocycles. The minimum Gasteiger partial charge on any atom is -0.780 e. The van der Waals surface area contributed by atoms with E-state index in [1.54, 1.807) is 6.20 Å². The monoisotopic (exact) mass is 366 g/mol. The van der Waals surface area contributed by atoms with Gasteiger partial charge >= 0.3 is 29.6 Å². The average Bonchev–Trinajstić information content (AvgIpc) is 2.59. The van der Waals surface area contributed by atoms with Crippen molar-refractivity contribution in [3.05, 3.63) is 78.0 Å². The summed E-state index contributed by atoms with van der Waals surface area (Å²) in [5.74, 6) is 0.372. The number of fused-ring (bicyclic) bond motifs is 1. The van der Waals surface area contributed by atoms with Gasteiger partial charge in [-0.1, -0.05) is 66.0 Å². The zero-order chi connectivity index (χ0) is 16.1. The fourth-order valence-corrected chi connectivity index (χ4v) is 4.67. The molecule has 118 valence electrons. The van der Waals surface area contributed by atoms with Crippen molar-refractivity contribution < 1.29 is 39.0 Å². The Kier molecular flexibility index (Phi) is 7.51. The fraction of sp³-hybridized carbons (Fsp3) is 0.118. The molecule has 3 aromatic rings. The average molecular weight is 366 g/mol. The second-order valence-corrected chi connectivity index (χ2v) is 9.16.